The number of aryl methyl sites for hydroxylation is 1. The van der Waals surface area contributed by atoms with Gasteiger partial charge < -0.3 is 5.32 Å². The predicted molar refractivity (Wildman–Crippen MR) is 132 cm³/mol. The summed E-state index contributed by atoms with van der Waals surface area (Å²) < 4.78 is 57.0. The summed E-state index contributed by atoms with van der Waals surface area (Å²) in [5, 5.41) is 6.63. The second-order valence-corrected chi connectivity index (χ2v) is 11.3. The number of halogens is 4. The molecule has 0 saturated heterocycles. The number of hydrogen-bond acceptors (Lipinski definition) is 6. The zero-order valence-electron chi connectivity index (χ0n) is 20.3. The van der Waals surface area contributed by atoms with Crippen LogP contribution < -0.4 is 5.32 Å². The van der Waals surface area contributed by atoms with Gasteiger partial charge in [0, 0.05) is 28.3 Å². The first-order chi connectivity index (χ1) is 17.3. The van der Waals surface area contributed by atoms with Crippen molar-refractivity contribution >= 4 is 33.1 Å². The molecule has 2 amide bonds. The number of rotatable bonds is 7. The molecule has 14 heteroatoms. The van der Waals surface area contributed by atoms with Crippen LogP contribution in [0.25, 0.3) is 5.82 Å². The van der Waals surface area contributed by atoms with Crippen molar-refractivity contribution in [1.29, 1.82) is 0 Å². The number of hydrogen-bond donors (Lipinski definition) is 1. The third-order valence-corrected chi connectivity index (χ3v) is 7.84. The minimum Gasteiger partial charge on any atom is -0.342 e. The second-order valence-electron chi connectivity index (χ2n) is 8.00. The number of aromatic nitrogens is 4. The molecule has 3 aromatic rings. The van der Waals surface area contributed by atoms with Gasteiger partial charge in [0.05, 0.1) is 26.9 Å². The van der Waals surface area contributed by atoms with Crippen LogP contribution in [0.2, 0.25) is 5.02 Å². The lowest BCUT2D eigenvalue weighted by Crippen LogP contribution is -2.29. The molecule has 0 spiro atoms. The van der Waals surface area contributed by atoms with Crippen molar-refractivity contribution in [3.63, 3.8) is 0 Å². The smallest absolute Gasteiger partial charge is 0.342 e. The minimum atomic E-state index is -4.67. The van der Waals surface area contributed by atoms with Crippen LogP contribution >= 0.6 is 11.6 Å². The van der Waals surface area contributed by atoms with Crippen LogP contribution in [-0.4, -0.2) is 47.3 Å². The van der Waals surface area contributed by atoms with E-state index >= 15 is 0 Å². The Morgan fingerprint density at radius 3 is 2.41 bits per heavy atom. The summed E-state index contributed by atoms with van der Waals surface area (Å²) in [7, 11) is -2.63. The van der Waals surface area contributed by atoms with Gasteiger partial charge in [-0.1, -0.05) is 25.4 Å². The van der Waals surface area contributed by atoms with E-state index in [0.29, 0.717) is 11.9 Å². The number of nitrogens with zero attached hydrogens (tertiary/aromatic N) is 5. The quantitative estimate of drug-likeness (QED) is 0.447. The van der Waals surface area contributed by atoms with Crippen molar-refractivity contribution in [2.24, 2.45) is 4.36 Å². The highest BCUT2D eigenvalue weighted by Gasteiger charge is 2.32. The average Bonchev–Trinajstić information content (AvgIpc) is 3.24. The van der Waals surface area contributed by atoms with E-state index < -0.39 is 39.3 Å². The van der Waals surface area contributed by atoms with Gasteiger partial charge in [-0.05, 0) is 44.2 Å². The summed E-state index contributed by atoms with van der Waals surface area (Å²) in [4.78, 5) is 33.7. The molecule has 1 aromatic carbocycles. The van der Waals surface area contributed by atoms with Gasteiger partial charge in [0.1, 0.15) is 5.82 Å². The number of pyridine rings is 1. The molecule has 1 atom stereocenters. The maximum absolute atomic E-state index is 13.1. The van der Waals surface area contributed by atoms with E-state index in [1.807, 2.05) is 0 Å². The van der Waals surface area contributed by atoms with Gasteiger partial charge in [0.25, 0.3) is 11.8 Å². The molecular weight excluding hydrogens is 533 g/mol. The Balaban J connectivity index is 1.86. The van der Waals surface area contributed by atoms with E-state index in [1.54, 1.807) is 27.7 Å². The highest BCUT2D eigenvalue weighted by molar-refractivity contribution is 7.93. The van der Waals surface area contributed by atoms with E-state index in [2.05, 4.69) is 24.7 Å². The first kappa shape index (κ1) is 28.3. The third-order valence-electron chi connectivity index (χ3n) is 5.32. The molecule has 0 bridgehead atoms. The van der Waals surface area contributed by atoms with Gasteiger partial charge in [-0.2, -0.15) is 22.2 Å². The van der Waals surface area contributed by atoms with Gasteiger partial charge in [0.15, 0.2) is 11.6 Å². The highest BCUT2D eigenvalue weighted by Crippen LogP contribution is 2.32. The van der Waals surface area contributed by atoms with Gasteiger partial charge in [-0.3, -0.25) is 9.59 Å². The van der Waals surface area contributed by atoms with Crippen molar-refractivity contribution in [3.05, 3.63) is 69.9 Å². The van der Waals surface area contributed by atoms with E-state index in [0.717, 1.165) is 12.1 Å². The molecule has 1 N–H and O–H groups in total. The fourth-order valence-electron chi connectivity index (χ4n) is 3.28. The number of alkyl halides is 3. The van der Waals surface area contributed by atoms with Crippen molar-refractivity contribution in [1.82, 2.24) is 25.1 Å². The maximum Gasteiger partial charge on any atom is 0.416 e. The Labute approximate surface area is 216 Å². The maximum atomic E-state index is 13.1. The molecule has 0 aliphatic rings. The summed E-state index contributed by atoms with van der Waals surface area (Å²) in [6.45, 7) is 6.58. The van der Waals surface area contributed by atoms with Crippen LogP contribution in [0.4, 0.5) is 13.2 Å². The van der Waals surface area contributed by atoms with Crippen LogP contribution in [-0.2, 0) is 15.9 Å². The monoisotopic (exact) mass is 556 g/mol. The molecule has 0 aliphatic carbocycles. The molecule has 2 heterocycles. The Morgan fingerprint density at radius 1 is 1.16 bits per heavy atom. The Morgan fingerprint density at radius 2 is 1.84 bits per heavy atom. The summed E-state index contributed by atoms with van der Waals surface area (Å²) in [5.74, 6) is -0.0815. The lowest BCUT2D eigenvalue weighted by Gasteiger charge is -2.15. The topological polar surface area (TPSA) is 119 Å². The molecule has 0 aliphatic heterocycles. The van der Waals surface area contributed by atoms with Crippen LogP contribution in [0.1, 0.15) is 64.7 Å². The van der Waals surface area contributed by atoms with Crippen molar-refractivity contribution in [2.45, 2.75) is 39.9 Å². The molecule has 9 nitrogen and oxygen atoms in total. The van der Waals surface area contributed by atoms with E-state index in [1.165, 1.54) is 23.0 Å². The van der Waals surface area contributed by atoms with Crippen LogP contribution in [0.15, 0.2) is 40.9 Å². The Hall–Kier alpha value is -3.32. The number of carbonyl (C=O) groups is 2. The molecular formula is C23H24ClF3N6O3S. The van der Waals surface area contributed by atoms with Gasteiger partial charge in [0.2, 0.25) is 0 Å². The van der Waals surface area contributed by atoms with Gasteiger partial charge >= 0.3 is 6.18 Å². The fraction of sp³-hybridized carbons (Fsp3) is 0.348. The molecule has 2 aromatic heterocycles. The SMILES string of the molecule is CCS(=O)(CC)=NC(=O)c1ccc(-n2nc(C)nc2C(C)NC(=O)c2cc(Cl)cc(C(F)(F)F)c2)nc1. The van der Waals surface area contributed by atoms with Crippen molar-refractivity contribution < 1.29 is 27.0 Å². The summed E-state index contributed by atoms with van der Waals surface area (Å²) in [6.07, 6.45) is -3.40. The lowest BCUT2D eigenvalue weighted by atomic mass is 10.1. The summed E-state index contributed by atoms with van der Waals surface area (Å²) >= 11 is 5.79. The Bertz CT molecular complexity index is 1440. The first-order valence-electron chi connectivity index (χ1n) is 11.1. The molecule has 3 rings (SSSR count). The fourth-order valence-corrected chi connectivity index (χ4v) is 4.59. The second kappa shape index (κ2) is 11.0. The van der Waals surface area contributed by atoms with Crippen LogP contribution in [0.5, 0.6) is 0 Å². The first-order valence-corrected chi connectivity index (χ1v) is 13.3. The molecule has 198 valence electrons. The van der Waals surface area contributed by atoms with Gasteiger partial charge in [-0.15, -0.1) is 5.10 Å². The largest absolute Gasteiger partial charge is 0.416 e. The molecule has 37 heavy (non-hydrogen) atoms. The number of amides is 2. The van der Waals surface area contributed by atoms with Crippen molar-refractivity contribution in [3.8, 4) is 5.82 Å². The normalized spacial score (nSPS) is 12.8. The van der Waals surface area contributed by atoms with Gasteiger partial charge in [-0.25, -0.2) is 14.2 Å². The molecule has 0 fully saturated rings. The third kappa shape index (κ3) is 6.72. The zero-order chi connectivity index (χ0) is 27.5. The molecule has 0 saturated carbocycles. The molecule has 1 unspecified atom stereocenters. The van der Waals surface area contributed by atoms with E-state index in [4.69, 9.17) is 11.6 Å². The summed E-state index contributed by atoms with van der Waals surface area (Å²) in [6, 6.07) is 4.72. The summed E-state index contributed by atoms with van der Waals surface area (Å²) in [5.41, 5.74) is -1.18. The number of nitrogens with one attached hydrogen (secondary N) is 1. The van der Waals surface area contributed by atoms with E-state index in [-0.39, 0.29) is 39.3 Å². The highest BCUT2D eigenvalue weighted by atomic mass is 35.5. The standard InChI is InChI=1S/C23H24ClF3N6O3S/c1-5-37(36,6-2)32-22(35)15-7-8-19(28-12-15)33-20(30-14(4)31-33)13(3)29-21(34)16-9-17(23(25,26)27)11-18(24)10-16/h7-13H,5-6H2,1-4H3,(H,29,34). The average molecular weight is 557 g/mol. The minimum absolute atomic E-state index is 0.138. The zero-order valence-corrected chi connectivity index (χ0v) is 21.9. The lowest BCUT2D eigenvalue weighted by molar-refractivity contribution is -0.137. The molecule has 0 radical (unpaired) electrons. The number of carbonyl (C=O) groups excluding carboxylic acids is 2. The van der Waals surface area contributed by atoms with Crippen LogP contribution in [0.3, 0.4) is 0 Å². The number of benzene rings is 1. The van der Waals surface area contributed by atoms with Crippen molar-refractivity contribution in [2.75, 3.05) is 11.5 Å². The van der Waals surface area contributed by atoms with E-state index in [9.17, 15) is 27.0 Å². The van der Waals surface area contributed by atoms with Crippen LogP contribution in [0, 0.1) is 6.92 Å². The predicted octanol–water partition coefficient (Wildman–Crippen LogP) is 4.78. The Kier molecular flexibility index (Phi) is 8.38.